The Morgan fingerprint density at radius 3 is 2.07 bits per heavy atom. The van der Waals surface area contributed by atoms with Crippen LogP contribution in [0.3, 0.4) is 0 Å². The van der Waals surface area contributed by atoms with Gasteiger partial charge in [-0.15, -0.1) is 0 Å². The van der Waals surface area contributed by atoms with Gasteiger partial charge in [0, 0.05) is 6.54 Å². The van der Waals surface area contributed by atoms with Crippen molar-refractivity contribution in [2.45, 2.75) is 26.9 Å². The molecule has 0 bridgehead atoms. The van der Waals surface area contributed by atoms with Crippen LogP contribution in [0.25, 0.3) is 0 Å². The minimum absolute atomic E-state index is 0.00427. The van der Waals surface area contributed by atoms with E-state index >= 15 is 0 Å². The highest BCUT2D eigenvalue weighted by atomic mass is 19.4. The van der Waals surface area contributed by atoms with E-state index in [1.165, 1.54) is 0 Å². The molecule has 3 nitrogen and oxygen atoms in total. The molecule has 0 unspecified atom stereocenters. The van der Waals surface area contributed by atoms with Crippen molar-refractivity contribution in [3.05, 3.63) is 0 Å². The van der Waals surface area contributed by atoms with Crippen LogP contribution in [-0.2, 0) is 4.79 Å². The fraction of sp³-hybridized carbons (Fsp3) is 0.889. The predicted octanol–water partition coefficient (Wildman–Crippen LogP) is 1.30. The number of carbonyl (C=O) groups excluding carboxylic acids is 1. The fourth-order valence-electron chi connectivity index (χ4n) is 0.812. The Morgan fingerprint density at radius 1 is 1.13 bits per heavy atom. The number of hydrogen-bond acceptors (Lipinski definition) is 2. The summed E-state index contributed by atoms with van der Waals surface area (Å²) in [5.74, 6) is -0.642. The minimum Gasteiger partial charge on any atom is -0.346 e. The van der Waals surface area contributed by atoms with Gasteiger partial charge in [0.25, 0.3) is 0 Å². The van der Waals surface area contributed by atoms with Crippen molar-refractivity contribution in [1.82, 2.24) is 10.6 Å². The molecular formula is C9H17F3N2O. The first-order valence-electron chi connectivity index (χ1n) is 4.64. The molecule has 0 aromatic heterocycles. The van der Waals surface area contributed by atoms with E-state index in [1.807, 2.05) is 20.8 Å². The molecule has 0 aromatic carbocycles. The standard InChI is InChI=1S/C9H17F3N2O/c1-8(2,3)5-13-4-7(15)14-6-9(10,11)12/h13H,4-6H2,1-3H3,(H,14,15). The first-order chi connectivity index (χ1) is 6.60. The second-order valence-corrected chi connectivity index (χ2v) is 4.56. The van der Waals surface area contributed by atoms with Crippen LogP contribution in [0.4, 0.5) is 13.2 Å². The Labute approximate surface area is 87.4 Å². The number of nitrogens with one attached hydrogen (secondary N) is 2. The Morgan fingerprint density at radius 2 is 1.67 bits per heavy atom. The van der Waals surface area contributed by atoms with Gasteiger partial charge in [-0.2, -0.15) is 13.2 Å². The highest BCUT2D eigenvalue weighted by Gasteiger charge is 2.27. The normalized spacial score (nSPS) is 12.7. The molecule has 0 aliphatic rings. The maximum Gasteiger partial charge on any atom is 0.405 e. The largest absolute Gasteiger partial charge is 0.405 e. The van der Waals surface area contributed by atoms with Gasteiger partial charge in [-0.3, -0.25) is 4.79 Å². The zero-order valence-electron chi connectivity index (χ0n) is 9.16. The van der Waals surface area contributed by atoms with E-state index in [9.17, 15) is 18.0 Å². The first-order valence-corrected chi connectivity index (χ1v) is 4.64. The van der Waals surface area contributed by atoms with Gasteiger partial charge in [0.2, 0.25) is 5.91 Å². The summed E-state index contributed by atoms with van der Waals surface area (Å²) in [7, 11) is 0. The van der Waals surface area contributed by atoms with Gasteiger partial charge in [0.1, 0.15) is 6.54 Å². The molecule has 0 rings (SSSR count). The molecule has 2 N–H and O–H groups in total. The second-order valence-electron chi connectivity index (χ2n) is 4.56. The molecule has 0 atom stereocenters. The van der Waals surface area contributed by atoms with Crippen molar-refractivity contribution >= 4 is 5.91 Å². The number of alkyl halides is 3. The fourth-order valence-corrected chi connectivity index (χ4v) is 0.812. The molecule has 90 valence electrons. The van der Waals surface area contributed by atoms with Crippen LogP contribution in [0, 0.1) is 5.41 Å². The lowest BCUT2D eigenvalue weighted by atomic mass is 9.97. The van der Waals surface area contributed by atoms with E-state index in [1.54, 1.807) is 5.32 Å². The van der Waals surface area contributed by atoms with E-state index in [2.05, 4.69) is 5.32 Å². The molecule has 0 saturated carbocycles. The zero-order chi connectivity index (χ0) is 12.1. The van der Waals surface area contributed by atoms with Crippen molar-refractivity contribution in [3.63, 3.8) is 0 Å². The Hall–Kier alpha value is -0.780. The van der Waals surface area contributed by atoms with Gasteiger partial charge in [-0.05, 0) is 5.41 Å². The van der Waals surface area contributed by atoms with Gasteiger partial charge in [0.15, 0.2) is 0 Å². The van der Waals surface area contributed by atoms with Crippen LogP contribution in [0.15, 0.2) is 0 Å². The van der Waals surface area contributed by atoms with Crippen molar-refractivity contribution in [2.75, 3.05) is 19.6 Å². The topological polar surface area (TPSA) is 41.1 Å². The molecular weight excluding hydrogens is 209 g/mol. The van der Waals surface area contributed by atoms with Gasteiger partial charge in [-0.1, -0.05) is 20.8 Å². The summed E-state index contributed by atoms with van der Waals surface area (Å²) in [6, 6.07) is 0. The predicted molar refractivity (Wildman–Crippen MR) is 51.4 cm³/mol. The highest BCUT2D eigenvalue weighted by Crippen LogP contribution is 2.12. The summed E-state index contributed by atoms with van der Waals surface area (Å²) in [6.07, 6.45) is -4.35. The quantitative estimate of drug-likeness (QED) is 0.758. The SMILES string of the molecule is CC(C)(C)CNCC(=O)NCC(F)(F)F. The summed E-state index contributed by atoms with van der Waals surface area (Å²) in [5, 5.41) is 4.56. The Kier molecular flexibility index (Phi) is 5.07. The number of carbonyl (C=O) groups is 1. The monoisotopic (exact) mass is 226 g/mol. The summed E-state index contributed by atoms with van der Waals surface area (Å²) >= 11 is 0. The summed E-state index contributed by atoms with van der Waals surface area (Å²) in [5.41, 5.74) is 0.00427. The van der Waals surface area contributed by atoms with E-state index in [0.717, 1.165) is 0 Å². The minimum atomic E-state index is -4.35. The molecule has 0 heterocycles. The van der Waals surface area contributed by atoms with Crippen molar-refractivity contribution < 1.29 is 18.0 Å². The number of hydrogen-bond donors (Lipinski definition) is 2. The molecule has 0 fully saturated rings. The molecule has 6 heteroatoms. The highest BCUT2D eigenvalue weighted by molar-refractivity contribution is 5.77. The lowest BCUT2D eigenvalue weighted by Crippen LogP contribution is -2.41. The van der Waals surface area contributed by atoms with Gasteiger partial charge in [-0.25, -0.2) is 0 Å². The van der Waals surface area contributed by atoms with Crippen LogP contribution in [0.5, 0.6) is 0 Å². The average molecular weight is 226 g/mol. The molecule has 1 amide bonds. The molecule has 0 saturated heterocycles. The van der Waals surface area contributed by atoms with Crippen LogP contribution >= 0.6 is 0 Å². The number of halogens is 3. The van der Waals surface area contributed by atoms with Gasteiger partial charge >= 0.3 is 6.18 Å². The molecule has 0 aliphatic heterocycles. The summed E-state index contributed by atoms with van der Waals surface area (Å²) in [6.45, 7) is 5.11. The number of rotatable bonds is 4. The van der Waals surface area contributed by atoms with Crippen molar-refractivity contribution in [3.8, 4) is 0 Å². The third kappa shape index (κ3) is 11.1. The third-order valence-electron chi connectivity index (χ3n) is 1.43. The van der Waals surface area contributed by atoms with E-state index in [4.69, 9.17) is 0 Å². The van der Waals surface area contributed by atoms with Crippen molar-refractivity contribution in [2.24, 2.45) is 5.41 Å². The van der Waals surface area contributed by atoms with Crippen LogP contribution in [0.2, 0.25) is 0 Å². The van der Waals surface area contributed by atoms with E-state index < -0.39 is 18.6 Å². The van der Waals surface area contributed by atoms with Gasteiger partial charge < -0.3 is 10.6 Å². The summed E-state index contributed by atoms with van der Waals surface area (Å²) in [4.78, 5) is 10.9. The molecule has 0 radical (unpaired) electrons. The van der Waals surface area contributed by atoms with Crippen LogP contribution in [0.1, 0.15) is 20.8 Å². The second kappa shape index (κ2) is 5.34. The lowest BCUT2D eigenvalue weighted by molar-refractivity contribution is -0.137. The molecule has 0 aromatic rings. The maximum absolute atomic E-state index is 11.7. The average Bonchev–Trinajstić information content (AvgIpc) is 1.97. The lowest BCUT2D eigenvalue weighted by Gasteiger charge is -2.18. The maximum atomic E-state index is 11.7. The van der Waals surface area contributed by atoms with Crippen LogP contribution in [-0.4, -0.2) is 31.7 Å². The summed E-state index contributed by atoms with van der Waals surface area (Å²) < 4.78 is 35.1. The van der Waals surface area contributed by atoms with Crippen LogP contribution < -0.4 is 10.6 Å². The van der Waals surface area contributed by atoms with E-state index in [0.29, 0.717) is 6.54 Å². The molecule has 0 aliphatic carbocycles. The van der Waals surface area contributed by atoms with Gasteiger partial charge in [0.05, 0.1) is 6.54 Å². The zero-order valence-corrected chi connectivity index (χ0v) is 9.16. The Balaban J connectivity index is 3.60. The molecule has 15 heavy (non-hydrogen) atoms. The molecule has 0 spiro atoms. The number of amides is 1. The third-order valence-corrected chi connectivity index (χ3v) is 1.43. The first kappa shape index (κ1) is 14.2. The smallest absolute Gasteiger partial charge is 0.346 e. The van der Waals surface area contributed by atoms with Crippen molar-refractivity contribution in [1.29, 1.82) is 0 Å². The Bertz CT molecular complexity index is 208. The van der Waals surface area contributed by atoms with E-state index in [-0.39, 0.29) is 12.0 Å².